The van der Waals surface area contributed by atoms with Crippen molar-refractivity contribution in [2.24, 2.45) is 0 Å². The van der Waals surface area contributed by atoms with Gasteiger partial charge in [-0.25, -0.2) is 0 Å². The van der Waals surface area contributed by atoms with Gasteiger partial charge in [-0.1, -0.05) is 30.3 Å². The Morgan fingerprint density at radius 1 is 1.25 bits per heavy atom. The molecule has 1 fully saturated rings. The molecule has 5 nitrogen and oxygen atoms in total. The molecule has 2 aromatic carbocycles. The summed E-state index contributed by atoms with van der Waals surface area (Å²) in [5, 5.41) is 10.7. The van der Waals surface area contributed by atoms with Crippen molar-refractivity contribution in [2.75, 3.05) is 33.8 Å². The normalized spacial score (nSPS) is 18.7. The molecule has 2 atom stereocenters. The molecule has 1 saturated heterocycles. The van der Waals surface area contributed by atoms with E-state index >= 15 is 0 Å². The molecule has 1 heterocycles. The minimum atomic E-state index is -0.265. The van der Waals surface area contributed by atoms with Gasteiger partial charge in [0.05, 0.1) is 7.11 Å². The van der Waals surface area contributed by atoms with Gasteiger partial charge in [0, 0.05) is 43.6 Å². The van der Waals surface area contributed by atoms with Crippen molar-refractivity contribution in [3.63, 3.8) is 0 Å². The van der Waals surface area contributed by atoms with Crippen LogP contribution in [0.1, 0.15) is 36.0 Å². The molecule has 1 N–H and O–H groups in total. The lowest BCUT2D eigenvalue weighted by atomic mass is 9.86. The zero-order valence-corrected chi connectivity index (χ0v) is 17.2. The number of methoxy groups -OCH3 is 1. The molecule has 0 radical (unpaired) electrons. The molecule has 1 aliphatic heterocycles. The first-order valence-electron chi connectivity index (χ1n) is 9.81. The van der Waals surface area contributed by atoms with Gasteiger partial charge in [0.25, 0.3) is 0 Å². The van der Waals surface area contributed by atoms with Crippen LogP contribution in [0, 0.1) is 6.92 Å². The number of amides is 1. The first-order valence-corrected chi connectivity index (χ1v) is 9.81. The number of likely N-dealkylation sites (N-methyl/N-ethyl adjacent to an activating group) is 1. The summed E-state index contributed by atoms with van der Waals surface area (Å²) >= 11 is 0. The van der Waals surface area contributed by atoms with E-state index in [1.807, 2.05) is 48.2 Å². The summed E-state index contributed by atoms with van der Waals surface area (Å²) in [4.78, 5) is 17.4. The average Bonchev–Trinajstić information content (AvgIpc) is 2.68. The lowest BCUT2D eigenvalue weighted by molar-refractivity contribution is -0.134. The van der Waals surface area contributed by atoms with E-state index in [9.17, 15) is 9.90 Å². The van der Waals surface area contributed by atoms with Crippen molar-refractivity contribution >= 4 is 5.91 Å². The van der Waals surface area contributed by atoms with E-state index in [0.717, 1.165) is 30.8 Å². The van der Waals surface area contributed by atoms with Gasteiger partial charge in [0.2, 0.25) is 5.91 Å². The topological polar surface area (TPSA) is 53.0 Å². The van der Waals surface area contributed by atoms with Crippen molar-refractivity contribution in [2.45, 2.75) is 32.2 Å². The molecule has 0 saturated carbocycles. The number of phenolic OH excluding ortho intramolecular Hbond substituents is 1. The van der Waals surface area contributed by atoms with Crippen molar-refractivity contribution in [1.82, 2.24) is 9.80 Å². The average molecular weight is 383 g/mol. The van der Waals surface area contributed by atoms with Crippen molar-refractivity contribution in [1.29, 1.82) is 0 Å². The van der Waals surface area contributed by atoms with Gasteiger partial charge < -0.3 is 19.6 Å². The summed E-state index contributed by atoms with van der Waals surface area (Å²) < 4.78 is 5.58. The van der Waals surface area contributed by atoms with Gasteiger partial charge in [-0.05, 0) is 44.2 Å². The minimum absolute atomic E-state index is 0.107. The van der Waals surface area contributed by atoms with Crippen LogP contribution >= 0.6 is 0 Å². The number of carbonyl (C=O) groups is 1. The van der Waals surface area contributed by atoms with Gasteiger partial charge in [-0.2, -0.15) is 0 Å². The summed E-state index contributed by atoms with van der Waals surface area (Å²) in [5.41, 5.74) is 2.59. The number of nitrogens with zero attached hydrogens (tertiary/aromatic N) is 2. The number of piperazine rings is 1. The highest BCUT2D eigenvalue weighted by atomic mass is 16.5. The van der Waals surface area contributed by atoms with Crippen molar-refractivity contribution < 1.29 is 14.6 Å². The molecule has 0 bridgehead atoms. The third-order valence-electron chi connectivity index (χ3n) is 5.73. The Balaban J connectivity index is 1.95. The predicted octanol–water partition coefficient (Wildman–Crippen LogP) is 3.39. The fourth-order valence-corrected chi connectivity index (χ4v) is 3.92. The summed E-state index contributed by atoms with van der Waals surface area (Å²) in [6, 6.07) is 13.9. The second-order valence-electron chi connectivity index (χ2n) is 7.74. The molecule has 2 unspecified atom stereocenters. The molecule has 0 spiro atoms. The summed E-state index contributed by atoms with van der Waals surface area (Å²) in [6.07, 6.45) is 0.299. The van der Waals surface area contributed by atoms with E-state index in [2.05, 4.69) is 18.9 Å². The van der Waals surface area contributed by atoms with Crippen LogP contribution in [-0.4, -0.2) is 60.6 Å². The van der Waals surface area contributed by atoms with Gasteiger partial charge in [-0.3, -0.25) is 4.79 Å². The Morgan fingerprint density at radius 2 is 1.96 bits per heavy atom. The number of ether oxygens (including phenoxy) is 1. The summed E-state index contributed by atoms with van der Waals surface area (Å²) in [7, 11) is 3.69. The largest absolute Gasteiger partial charge is 0.507 e. The van der Waals surface area contributed by atoms with Gasteiger partial charge >= 0.3 is 0 Å². The van der Waals surface area contributed by atoms with E-state index in [1.54, 1.807) is 13.2 Å². The molecule has 150 valence electrons. The zero-order chi connectivity index (χ0) is 20.3. The molecular weight excluding hydrogens is 352 g/mol. The second kappa shape index (κ2) is 8.65. The number of aryl methyl sites for hydroxylation is 1. The number of phenols is 1. The lowest BCUT2D eigenvalue weighted by Crippen LogP contribution is -2.52. The standard InChI is InChI=1S/C23H30N2O3/c1-16-12-20(26)23(21(13-16)28-4)19(18-8-6-5-7-9-18)14-22(27)25-11-10-24(3)17(2)15-25/h5-9,12-13,17,19,26H,10-11,14-15H2,1-4H3. The maximum absolute atomic E-state index is 13.2. The number of rotatable bonds is 5. The monoisotopic (exact) mass is 382 g/mol. The highest BCUT2D eigenvalue weighted by Crippen LogP contribution is 2.41. The number of aromatic hydroxyl groups is 1. The third kappa shape index (κ3) is 4.30. The van der Waals surface area contributed by atoms with Crippen LogP contribution in [0.15, 0.2) is 42.5 Å². The SMILES string of the molecule is COc1cc(C)cc(O)c1C(CC(=O)N1CCN(C)C(C)C1)c1ccccc1. The predicted molar refractivity (Wildman–Crippen MR) is 111 cm³/mol. The summed E-state index contributed by atoms with van der Waals surface area (Å²) in [5.74, 6) is 0.631. The van der Waals surface area contributed by atoms with Crippen LogP contribution in [-0.2, 0) is 4.79 Å². The zero-order valence-electron chi connectivity index (χ0n) is 17.2. The second-order valence-corrected chi connectivity index (χ2v) is 7.74. The van der Waals surface area contributed by atoms with Gasteiger partial charge in [-0.15, -0.1) is 0 Å². The van der Waals surface area contributed by atoms with Crippen LogP contribution in [0.5, 0.6) is 11.5 Å². The molecule has 0 aliphatic carbocycles. The number of carbonyl (C=O) groups excluding carboxylic acids is 1. The molecule has 28 heavy (non-hydrogen) atoms. The number of hydrogen-bond donors (Lipinski definition) is 1. The third-order valence-corrected chi connectivity index (χ3v) is 5.73. The molecule has 1 aliphatic rings. The lowest BCUT2D eigenvalue weighted by Gasteiger charge is -2.38. The fraction of sp³-hybridized carbons (Fsp3) is 0.435. The number of hydrogen-bond acceptors (Lipinski definition) is 4. The van der Waals surface area contributed by atoms with Crippen LogP contribution in [0.25, 0.3) is 0 Å². The Kier molecular flexibility index (Phi) is 6.25. The Labute approximate surface area is 167 Å². The Morgan fingerprint density at radius 3 is 2.61 bits per heavy atom. The maximum Gasteiger partial charge on any atom is 0.223 e. The smallest absolute Gasteiger partial charge is 0.223 e. The maximum atomic E-state index is 13.2. The minimum Gasteiger partial charge on any atom is -0.507 e. The molecule has 1 amide bonds. The van der Waals surface area contributed by atoms with E-state index in [4.69, 9.17) is 4.74 Å². The highest BCUT2D eigenvalue weighted by molar-refractivity contribution is 5.78. The van der Waals surface area contributed by atoms with Crippen LogP contribution in [0.4, 0.5) is 0 Å². The van der Waals surface area contributed by atoms with Crippen LogP contribution in [0.2, 0.25) is 0 Å². The van der Waals surface area contributed by atoms with Crippen molar-refractivity contribution in [3.8, 4) is 11.5 Å². The molecule has 5 heteroatoms. The highest BCUT2D eigenvalue weighted by Gasteiger charge is 2.30. The summed E-state index contributed by atoms with van der Waals surface area (Å²) in [6.45, 7) is 6.40. The molecule has 2 aromatic rings. The Hall–Kier alpha value is -2.53. The Bertz CT molecular complexity index is 822. The molecule has 0 aromatic heterocycles. The van der Waals surface area contributed by atoms with Crippen LogP contribution in [0.3, 0.4) is 0 Å². The van der Waals surface area contributed by atoms with Gasteiger partial charge in [0.15, 0.2) is 0 Å². The quantitative estimate of drug-likeness (QED) is 0.861. The van der Waals surface area contributed by atoms with E-state index in [-0.39, 0.29) is 17.6 Å². The van der Waals surface area contributed by atoms with E-state index in [1.165, 1.54) is 0 Å². The van der Waals surface area contributed by atoms with Crippen molar-refractivity contribution in [3.05, 3.63) is 59.2 Å². The molecular formula is C23H30N2O3. The van der Waals surface area contributed by atoms with Gasteiger partial charge in [0.1, 0.15) is 11.5 Å². The fourth-order valence-electron chi connectivity index (χ4n) is 3.92. The molecule has 3 rings (SSSR count). The van der Waals surface area contributed by atoms with E-state index < -0.39 is 0 Å². The van der Waals surface area contributed by atoms with Crippen LogP contribution < -0.4 is 4.74 Å². The first kappa shape index (κ1) is 20.2. The van der Waals surface area contributed by atoms with E-state index in [0.29, 0.717) is 23.8 Å². The first-order chi connectivity index (χ1) is 13.4. The number of benzene rings is 2.